The van der Waals surface area contributed by atoms with E-state index in [0.29, 0.717) is 6.61 Å². The second-order valence-electron chi connectivity index (χ2n) is 5.84. The summed E-state index contributed by atoms with van der Waals surface area (Å²) >= 11 is 0. The zero-order chi connectivity index (χ0) is 14.8. The molecule has 0 atom stereocenters. The second kappa shape index (κ2) is 5.71. The Hall–Kier alpha value is -0.740. The molecule has 0 radical (unpaired) electrons. The van der Waals surface area contributed by atoms with Gasteiger partial charge >= 0.3 is 0 Å². The van der Waals surface area contributed by atoms with Crippen molar-refractivity contribution in [2.24, 2.45) is 5.41 Å². The van der Waals surface area contributed by atoms with Crippen molar-refractivity contribution in [3.8, 4) is 5.75 Å². The quantitative estimate of drug-likeness (QED) is 0.781. The Balaban J connectivity index is 2.82. The van der Waals surface area contributed by atoms with Gasteiger partial charge in [-0.25, -0.2) is 8.42 Å². The van der Waals surface area contributed by atoms with E-state index in [9.17, 15) is 8.42 Å². The normalized spacial score (nSPS) is 12.5. The van der Waals surface area contributed by atoms with Gasteiger partial charge in [-0.05, 0) is 43.5 Å². The molecule has 0 heterocycles. The Bertz CT molecular complexity index is 562. The molecular weight excluding hydrogens is 284 g/mol. The topological polar surface area (TPSA) is 43.4 Å². The molecule has 0 saturated carbocycles. The molecule has 0 fully saturated rings. The highest BCUT2D eigenvalue weighted by atomic mass is 35.7. The first-order chi connectivity index (χ1) is 8.50. The van der Waals surface area contributed by atoms with Gasteiger partial charge in [0.25, 0.3) is 0 Å². The molecule has 0 bridgehead atoms. The number of ether oxygens (including phenoxy) is 1. The molecule has 3 nitrogen and oxygen atoms in total. The molecule has 0 amide bonds. The lowest BCUT2D eigenvalue weighted by molar-refractivity contribution is 0.199. The molecule has 0 N–H and O–H groups in total. The monoisotopic (exact) mass is 304 g/mol. The van der Waals surface area contributed by atoms with Crippen LogP contribution in [0.1, 0.15) is 30.5 Å². The van der Waals surface area contributed by atoms with E-state index in [-0.39, 0.29) is 5.75 Å². The SMILES string of the molecule is Cc1cc(C)c(C)c(OCC(C)(C)CS(=O)(=O)Cl)c1. The highest BCUT2D eigenvalue weighted by Gasteiger charge is 2.26. The summed E-state index contributed by atoms with van der Waals surface area (Å²) in [5.74, 6) is 0.698. The zero-order valence-electron chi connectivity index (χ0n) is 12.1. The maximum Gasteiger partial charge on any atom is 0.233 e. The third-order valence-corrected chi connectivity index (χ3v) is 4.40. The third kappa shape index (κ3) is 5.41. The largest absolute Gasteiger partial charge is 0.493 e. The predicted molar refractivity (Wildman–Crippen MR) is 79.6 cm³/mol. The van der Waals surface area contributed by atoms with Crippen LogP contribution in [-0.4, -0.2) is 20.8 Å². The van der Waals surface area contributed by atoms with Gasteiger partial charge in [-0.15, -0.1) is 0 Å². The molecule has 5 heteroatoms. The van der Waals surface area contributed by atoms with Crippen LogP contribution in [0.2, 0.25) is 0 Å². The predicted octanol–water partition coefficient (Wildman–Crippen LogP) is 3.59. The molecule has 108 valence electrons. The molecule has 0 spiro atoms. The van der Waals surface area contributed by atoms with Crippen molar-refractivity contribution < 1.29 is 13.2 Å². The maximum absolute atomic E-state index is 11.1. The van der Waals surface area contributed by atoms with Crippen LogP contribution in [0.15, 0.2) is 12.1 Å². The van der Waals surface area contributed by atoms with Crippen LogP contribution >= 0.6 is 10.7 Å². The van der Waals surface area contributed by atoms with Gasteiger partial charge in [-0.3, -0.25) is 0 Å². The van der Waals surface area contributed by atoms with Crippen LogP contribution in [0.3, 0.4) is 0 Å². The zero-order valence-corrected chi connectivity index (χ0v) is 13.7. The van der Waals surface area contributed by atoms with E-state index < -0.39 is 14.5 Å². The highest BCUT2D eigenvalue weighted by molar-refractivity contribution is 8.13. The molecule has 1 rings (SSSR count). The molecule has 0 unspecified atom stereocenters. The van der Waals surface area contributed by atoms with E-state index in [1.54, 1.807) is 0 Å². The third-order valence-electron chi connectivity index (χ3n) is 2.95. The van der Waals surface area contributed by atoms with Gasteiger partial charge < -0.3 is 4.74 Å². The molecule has 0 aliphatic heterocycles. The Morgan fingerprint density at radius 3 is 2.32 bits per heavy atom. The Labute approximate surface area is 120 Å². The summed E-state index contributed by atoms with van der Waals surface area (Å²) in [6.07, 6.45) is 0. The fourth-order valence-electron chi connectivity index (χ4n) is 1.93. The first-order valence-electron chi connectivity index (χ1n) is 6.13. The summed E-state index contributed by atoms with van der Waals surface area (Å²) in [4.78, 5) is 0. The smallest absolute Gasteiger partial charge is 0.233 e. The van der Waals surface area contributed by atoms with Crippen LogP contribution in [0.25, 0.3) is 0 Å². The average Bonchev–Trinajstić information content (AvgIpc) is 2.17. The summed E-state index contributed by atoms with van der Waals surface area (Å²) < 4.78 is 28.1. The Morgan fingerprint density at radius 2 is 1.79 bits per heavy atom. The number of halogens is 1. The van der Waals surface area contributed by atoms with Crippen LogP contribution < -0.4 is 4.74 Å². The lowest BCUT2D eigenvalue weighted by Crippen LogP contribution is -2.28. The van der Waals surface area contributed by atoms with Crippen molar-refractivity contribution >= 4 is 19.7 Å². The lowest BCUT2D eigenvalue weighted by atomic mass is 9.98. The van der Waals surface area contributed by atoms with Gasteiger partial charge in [0.05, 0.1) is 12.4 Å². The van der Waals surface area contributed by atoms with Crippen LogP contribution in [0.4, 0.5) is 0 Å². The van der Waals surface area contributed by atoms with Gasteiger partial charge in [0.1, 0.15) is 5.75 Å². The van der Waals surface area contributed by atoms with Crippen molar-refractivity contribution in [1.82, 2.24) is 0 Å². The van der Waals surface area contributed by atoms with Crippen molar-refractivity contribution in [3.05, 3.63) is 28.8 Å². The van der Waals surface area contributed by atoms with Gasteiger partial charge in [0.15, 0.2) is 0 Å². The number of aryl methyl sites for hydroxylation is 2. The first-order valence-corrected chi connectivity index (χ1v) is 8.61. The van der Waals surface area contributed by atoms with E-state index >= 15 is 0 Å². The summed E-state index contributed by atoms with van der Waals surface area (Å²) in [5, 5.41) is 0. The molecule has 0 aromatic heterocycles. The van der Waals surface area contributed by atoms with Crippen molar-refractivity contribution in [3.63, 3.8) is 0 Å². The van der Waals surface area contributed by atoms with Crippen LogP contribution in [0.5, 0.6) is 5.75 Å². The Kier molecular flexibility index (Phi) is 4.91. The molecule has 0 saturated heterocycles. The molecular formula is C14H21ClO3S. The fraction of sp³-hybridized carbons (Fsp3) is 0.571. The lowest BCUT2D eigenvalue weighted by Gasteiger charge is -2.24. The summed E-state index contributed by atoms with van der Waals surface area (Å²) in [6.45, 7) is 9.99. The van der Waals surface area contributed by atoms with Gasteiger partial charge in [0.2, 0.25) is 9.05 Å². The van der Waals surface area contributed by atoms with Crippen LogP contribution in [-0.2, 0) is 9.05 Å². The molecule has 1 aromatic carbocycles. The van der Waals surface area contributed by atoms with Crippen molar-refractivity contribution in [2.75, 3.05) is 12.4 Å². The molecule has 0 aliphatic carbocycles. The van der Waals surface area contributed by atoms with Gasteiger partial charge in [-0.1, -0.05) is 19.9 Å². The minimum atomic E-state index is -3.52. The summed E-state index contributed by atoms with van der Waals surface area (Å²) in [7, 11) is 1.78. The number of rotatable bonds is 5. The van der Waals surface area contributed by atoms with E-state index in [2.05, 4.69) is 6.07 Å². The van der Waals surface area contributed by atoms with Crippen molar-refractivity contribution in [2.45, 2.75) is 34.6 Å². The number of hydrogen-bond acceptors (Lipinski definition) is 3. The second-order valence-corrected chi connectivity index (χ2v) is 8.62. The maximum atomic E-state index is 11.1. The molecule has 1 aromatic rings. The average molecular weight is 305 g/mol. The van der Waals surface area contributed by atoms with Gasteiger partial charge in [0, 0.05) is 16.1 Å². The molecule has 19 heavy (non-hydrogen) atoms. The summed E-state index contributed by atoms with van der Waals surface area (Å²) in [5.41, 5.74) is 2.85. The van der Waals surface area contributed by atoms with E-state index in [1.165, 1.54) is 0 Å². The van der Waals surface area contributed by atoms with Gasteiger partial charge in [-0.2, -0.15) is 0 Å². The Morgan fingerprint density at radius 1 is 1.21 bits per heavy atom. The summed E-state index contributed by atoms with van der Waals surface area (Å²) in [6, 6.07) is 4.06. The van der Waals surface area contributed by atoms with Crippen molar-refractivity contribution in [1.29, 1.82) is 0 Å². The van der Waals surface area contributed by atoms with E-state index in [4.69, 9.17) is 15.4 Å². The van der Waals surface area contributed by atoms with E-state index in [1.807, 2.05) is 40.7 Å². The fourth-order valence-corrected chi connectivity index (χ4v) is 3.84. The highest BCUT2D eigenvalue weighted by Crippen LogP contribution is 2.27. The minimum absolute atomic E-state index is 0.106. The van der Waals surface area contributed by atoms with E-state index in [0.717, 1.165) is 22.4 Å². The van der Waals surface area contributed by atoms with Crippen LogP contribution in [0, 0.1) is 26.2 Å². The number of hydrogen-bond donors (Lipinski definition) is 0. The number of benzene rings is 1. The first kappa shape index (κ1) is 16.3. The molecule has 0 aliphatic rings. The standard InChI is InChI=1S/C14H21ClO3S/c1-10-6-11(2)12(3)13(7-10)18-8-14(4,5)9-19(15,16)17/h6-7H,8-9H2,1-5H3. The minimum Gasteiger partial charge on any atom is -0.493 e.